The van der Waals surface area contributed by atoms with E-state index >= 15 is 0 Å². The van der Waals surface area contributed by atoms with Crippen LogP contribution in [0.4, 0.5) is 0 Å². The van der Waals surface area contributed by atoms with E-state index in [0.717, 1.165) is 24.8 Å². The zero-order valence-electron chi connectivity index (χ0n) is 14.5. The molecule has 0 amide bonds. The molecule has 124 valence electrons. The van der Waals surface area contributed by atoms with Gasteiger partial charge in [-0.15, -0.1) is 0 Å². The van der Waals surface area contributed by atoms with Gasteiger partial charge in [-0.2, -0.15) is 0 Å². The first kappa shape index (κ1) is 16.3. The van der Waals surface area contributed by atoms with E-state index in [2.05, 4.69) is 31.7 Å². The first-order chi connectivity index (χ1) is 11.0. The molecular weight excluding hydrogens is 284 g/mol. The number of hydrogen-bond acceptors (Lipinski definition) is 2. The maximum absolute atomic E-state index is 11.2. The van der Waals surface area contributed by atoms with E-state index in [1.54, 1.807) is 5.57 Å². The van der Waals surface area contributed by atoms with Crippen LogP contribution in [0, 0.1) is 5.41 Å². The van der Waals surface area contributed by atoms with Crippen LogP contribution in [0.2, 0.25) is 0 Å². The van der Waals surface area contributed by atoms with Crippen molar-refractivity contribution in [3.05, 3.63) is 47.1 Å². The first-order valence-corrected chi connectivity index (χ1v) is 8.97. The van der Waals surface area contributed by atoms with Crippen LogP contribution in [0.25, 0.3) is 0 Å². The van der Waals surface area contributed by atoms with Crippen molar-refractivity contribution in [2.24, 2.45) is 5.41 Å². The van der Waals surface area contributed by atoms with E-state index in [-0.39, 0.29) is 12.1 Å². The molecule has 3 aliphatic carbocycles. The summed E-state index contributed by atoms with van der Waals surface area (Å²) in [5.41, 5.74) is 5.74. The van der Waals surface area contributed by atoms with Gasteiger partial charge in [-0.05, 0) is 79.1 Å². The summed E-state index contributed by atoms with van der Waals surface area (Å²) in [5, 5.41) is 0. The Kier molecular flexibility index (Phi) is 4.61. The number of fused-ring (bicyclic) bond motifs is 1. The first-order valence-electron chi connectivity index (χ1n) is 8.97. The fraction of sp³-hybridized carbons (Fsp3) is 0.571. The molecule has 3 rings (SSSR count). The molecule has 0 heterocycles. The summed E-state index contributed by atoms with van der Waals surface area (Å²) in [7, 11) is 0. The molecule has 0 aromatic carbocycles. The molecule has 0 radical (unpaired) electrons. The second-order valence-corrected chi connectivity index (χ2v) is 7.47. The molecule has 2 nitrogen and oxygen atoms in total. The monoisotopic (exact) mass is 312 g/mol. The van der Waals surface area contributed by atoms with Gasteiger partial charge < -0.3 is 4.74 Å². The summed E-state index contributed by atoms with van der Waals surface area (Å²) in [6.07, 6.45) is 16.2. The van der Waals surface area contributed by atoms with Crippen LogP contribution in [0.3, 0.4) is 0 Å². The summed E-state index contributed by atoms with van der Waals surface area (Å²) in [6, 6.07) is 0. The van der Waals surface area contributed by atoms with Crippen LogP contribution in [0.15, 0.2) is 47.1 Å². The minimum Gasteiger partial charge on any atom is -0.458 e. The summed E-state index contributed by atoms with van der Waals surface area (Å²) in [4.78, 5) is 11.2. The Morgan fingerprint density at radius 2 is 2.00 bits per heavy atom. The highest BCUT2D eigenvalue weighted by molar-refractivity contribution is 5.66. The van der Waals surface area contributed by atoms with Gasteiger partial charge in [-0.3, -0.25) is 4.79 Å². The molecule has 0 aromatic rings. The number of ether oxygens (including phenoxy) is 1. The van der Waals surface area contributed by atoms with E-state index in [4.69, 9.17) is 4.74 Å². The van der Waals surface area contributed by atoms with Crippen molar-refractivity contribution in [1.82, 2.24) is 0 Å². The molecule has 2 heteroatoms. The quantitative estimate of drug-likeness (QED) is 0.636. The summed E-state index contributed by atoms with van der Waals surface area (Å²) < 4.78 is 5.40. The lowest BCUT2D eigenvalue weighted by Gasteiger charge is -2.34. The third-order valence-electron chi connectivity index (χ3n) is 5.72. The molecule has 3 aliphatic rings. The zero-order valence-corrected chi connectivity index (χ0v) is 14.5. The van der Waals surface area contributed by atoms with Gasteiger partial charge in [0.2, 0.25) is 0 Å². The van der Waals surface area contributed by atoms with Crippen molar-refractivity contribution in [2.75, 3.05) is 0 Å². The van der Waals surface area contributed by atoms with E-state index in [1.807, 2.05) is 0 Å². The zero-order chi connectivity index (χ0) is 16.4. The number of carbonyl (C=O) groups is 1. The predicted molar refractivity (Wildman–Crippen MR) is 94.0 cm³/mol. The smallest absolute Gasteiger partial charge is 0.303 e. The Bertz CT molecular complexity index is 605. The van der Waals surface area contributed by atoms with Crippen LogP contribution in [0.5, 0.6) is 0 Å². The highest BCUT2D eigenvalue weighted by atomic mass is 16.5. The molecule has 0 spiro atoms. The molecule has 0 bridgehead atoms. The topological polar surface area (TPSA) is 26.3 Å². The number of carbonyl (C=O) groups excluding carboxylic acids is 1. The Morgan fingerprint density at radius 3 is 2.78 bits per heavy atom. The maximum atomic E-state index is 11.2. The normalized spacial score (nSPS) is 34.4. The molecule has 0 aliphatic heterocycles. The fourth-order valence-electron chi connectivity index (χ4n) is 4.41. The van der Waals surface area contributed by atoms with Crippen LogP contribution >= 0.6 is 0 Å². The Morgan fingerprint density at radius 1 is 1.26 bits per heavy atom. The third kappa shape index (κ3) is 3.36. The lowest BCUT2D eigenvalue weighted by Crippen LogP contribution is -2.23. The Balaban J connectivity index is 1.78. The highest BCUT2D eigenvalue weighted by Gasteiger charge is 2.36. The van der Waals surface area contributed by atoms with E-state index in [9.17, 15) is 4.79 Å². The van der Waals surface area contributed by atoms with E-state index in [0.29, 0.717) is 5.41 Å². The largest absolute Gasteiger partial charge is 0.458 e. The fourth-order valence-corrected chi connectivity index (χ4v) is 4.41. The average Bonchev–Trinajstić information content (AvgIpc) is 2.90. The third-order valence-corrected chi connectivity index (χ3v) is 5.72. The lowest BCUT2D eigenvalue weighted by atomic mass is 9.70. The molecule has 2 fully saturated rings. The summed E-state index contributed by atoms with van der Waals surface area (Å²) in [5.74, 6) is -0.213. The predicted octanol–water partition coefficient (Wildman–Crippen LogP) is 5.42. The van der Waals surface area contributed by atoms with Crippen molar-refractivity contribution < 1.29 is 9.53 Å². The Labute approximate surface area is 140 Å². The minimum atomic E-state index is -0.213. The lowest BCUT2D eigenvalue weighted by molar-refractivity contribution is -0.145. The standard InChI is InChI=1S/C21H28O2/c1-15-17(7-4-10-20(15)23-16(2)22)11-12-18-8-5-13-21(3)14-6-9-19(18)21/h9,11-12,20H,1,4-8,10,13-14H2,2-3H3/b17-11-,18-12+/t20-,21+/m0/s1. The van der Waals surface area contributed by atoms with E-state index in [1.165, 1.54) is 50.2 Å². The van der Waals surface area contributed by atoms with Crippen LogP contribution in [-0.4, -0.2) is 12.1 Å². The van der Waals surface area contributed by atoms with Gasteiger partial charge in [0.15, 0.2) is 0 Å². The number of esters is 1. The minimum absolute atomic E-state index is 0.131. The van der Waals surface area contributed by atoms with Crippen molar-refractivity contribution in [3.8, 4) is 0 Å². The molecule has 2 atom stereocenters. The number of rotatable bonds is 2. The van der Waals surface area contributed by atoms with Gasteiger partial charge in [0.1, 0.15) is 6.10 Å². The van der Waals surface area contributed by atoms with Crippen molar-refractivity contribution in [2.45, 2.75) is 71.3 Å². The van der Waals surface area contributed by atoms with Crippen LogP contribution in [-0.2, 0) is 9.53 Å². The molecular formula is C21H28O2. The van der Waals surface area contributed by atoms with E-state index < -0.39 is 0 Å². The van der Waals surface area contributed by atoms with Crippen LogP contribution in [0.1, 0.15) is 65.2 Å². The molecule has 0 aromatic heterocycles. The highest BCUT2D eigenvalue weighted by Crippen LogP contribution is 2.50. The summed E-state index contributed by atoms with van der Waals surface area (Å²) >= 11 is 0. The van der Waals surface area contributed by atoms with Crippen LogP contribution < -0.4 is 0 Å². The number of hydrogen-bond donors (Lipinski definition) is 0. The molecule has 23 heavy (non-hydrogen) atoms. The van der Waals surface area contributed by atoms with Crippen molar-refractivity contribution >= 4 is 5.97 Å². The Hall–Kier alpha value is -1.57. The molecule has 0 saturated heterocycles. The molecule has 2 saturated carbocycles. The molecule has 0 N–H and O–H groups in total. The van der Waals surface area contributed by atoms with Gasteiger partial charge >= 0.3 is 5.97 Å². The van der Waals surface area contributed by atoms with Gasteiger partial charge in [-0.25, -0.2) is 0 Å². The molecule has 0 unspecified atom stereocenters. The average molecular weight is 312 g/mol. The van der Waals surface area contributed by atoms with Crippen molar-refractivity contribution in [3.63, 3.8) is 0 Å². The van der Waals surface area contributed by atoms with Gasteiger partial charge in [-0.1, -0.05) is 31.7 Å². The van der Waals surface area contributed by atoms with Gasteiger partial charge in [0, 0.05) is 6.92 Å². The summed E-state index contributed by atoms with van der Waals surface area (Å²) in [6.45, 7) is 8.08. The number of allylic oxidation sites excluding steroid dienone is 5. The second kappa shape index (κ2) is 6.51. The van der Waals surface area contributed by atoms with Gasteiger partial charge in [0.25, 0.3) is 0 Å². The van der Waals surface area contributed by atoms with Crippen molar-refractivity contribution in [1.29, 1.82) is 0 Å². The van der Waals surface area contributed by atoms with Gasteiger partial charge in [0.05, 0.1) is 0 Å². The second-order valence-electron chi connectivity index (χ2n) is 7.47. The maximum Gasteiger partial charge on any atom is 0.303 e. The SMILES string of the molecule is C=C1/C(=C\C=C2/CCC[C@]3(C)CCC=C23)CCC[C@@H]1OC(C)=O.